The van der Waals surface area contributed by atoms with Crippen LogP contribution in [-0.2, 0) is 11.2 Å². The van der Waals surface area contributed by atoms with E-state index in [1.54, 1.807) is 13.0 Å². The van der Waals surface area contributed by atoms with Crippen molar-refractivity contribution >= 4 is 17.3 Å². The smallest absolute Gasteiger partial charge is 0.348 e. The van der Waals surface area contributed by atoms with Gasteiger partial charge < -0.3 is 9.84 Å². The largest absolute Gasteiger partial charge is 0.462 e. The summed E-state index contributed by atoms with van der Waals surface area (Å²) in [6.45, 7) is 4.13. The molecular weight excluding hydrogens is 266 g/mol. The highest BCUT2D eigenvalue weighted by Crippen LogP contribution is 2.24. The van der Waals surface area contributed by atoms with Gasteiger partial charge in [-0.05, 0) is 43.9 Å². The number of carbonyl (C=O) groups is 1. The number of aryl methyl sites for hydroxylation is 2. The minimum atomic E-state index is -0.650. The van der Waals surface area contributed by atoms with E-state index in [1.807, 2.05) is 6.92 Å². The molecule has 0 radical (unpaired) electrons. The first kappa shape index (κ1) is 15.5. The van der Waals surface area contributed by atoms with E-state index in [0.717, 1.165) is 10.4 Å². The number of aliphatic hydroxyl groups is 1. The molecule has 1 rings (SSSR count). The first-order valence-electron chi connectivity index (χ1n) is 6.03. The maximum atomic E-state index is 11.6. The van der Waals surface area contributed by atoms with E-state index in [0.29, 0.717) is 24.3 Å². The molecule has 0 aliphatic carbocycles. The number of hydrogen-bond acceptors (Lipinski definition) is 5. The number of aliphatic hydroxyl groups excluding tert-OH is 1. The molecule has 0 aliphatic heterocycles. The van der Waals surface area contributed by atoms with Crippen LogP contribution in [0.2, 0.25) is 0 Å². The van der Waals surface area contributed by atoms with E-state index in [-0.39, 0.29) is 12.5 Å². The highest BCUT2D eigenvalue weighted by molar-refractivity contribution is 7.14. The first-order valence-corrected chi connectivity index (χ1v) is 6.85. The number of carbonyl (C=O) groups excluding carboxylic acids is 1. The summed E-state index contributed by atoms with van der Waals surface area (Å²) in [5.41, 5.74) is 9.17. The van der Waals surface area contributed by atoms with Gasteiger partial charge >= 0.3 is 5.97 Å². The molecule has 1 aromatic heterocycles. The Kier molecular flexibility index (Phi) is 6.35. The molecule has 1 N–H and O–H groups in total. The second kappa shape index (κ2) is 7.78. The van der Waals surface area contributed by atoms with Crippen LogP contribution in [0.1, 0.15) is 33.5 Å². The van der Waals surface area contributed by atoms with Crippen molar-refractivity contribution < 1.29 is 14.6 Å². The average molecular weight is 283 g/mol. The first-order chi connectivity index (χ1) is 9.08. The van der Waals surface area contributed by atoms with Gasteiger partial charge in [0.05, 0.1) is 19.3 Å². The Bertz CT molecular complexity index is 481. The fourth-order valence-electron chi connectivity index (χ4n) is 1.59. The van der Waals surface area contributed by atoms with Crippen LogP contribution in [0.25, 0.3) is 10.4 Å². The van der Waals surface area contributed by atoms with Gasteiger partial charge in [0, 0.05) is 9.79 Å². The van der Waals surface area contributed by atoms with Crippen LogP contribution in [-0.4, -0.2) is 30.3 Å². The summed E-state index contributed by atoms with van der Waals surface area (Å²) < 4.78 is 4.94. The van der Waals surface area contributed by atoms with Gasteiger partial charge in [-0.1, -0.05) is 5.11 Å². The molecule has 1 atom stereocenters. The fraction of sp³-hybridized carbons (Fsp3) is 0.583. The Labute approximate surface area is 115 Å². The molecular formula is C12H17N3O3S. The van der Waals surface area contributed by atoms with E-state index in [1.165, 1.54) is 11.3 Å². The molecule has 7 heteroatoms. The molecule has 1 heterocycles. The van der Waals surface area contributed by atoms with Gasteiger partial charge in [0.15, 0.2) is 0 Å². The Hall–Kier alpha value is -1.56. The summed E-state index contributed by atoms with van der Waals surface area (Å²) >= 11 is 1.38. The summed E-state index contributed by atoms with van der Waals surface area (Å²) in [6, 6.07) is 1.80. The SMILES string of the molecule is CCOC(=O)c1cc(C)c(CC[C@H](O)CN=[N+]=[N-])s1. The number of esters is 1. The number of rotatable bonds is 7. The maximum absolute atomic E-state index is 11.6. The number of azide groups is 1. The van der Waals surface area contributed by atoms with Crippen LogP contribution in [0.4, 0.5) is 0 Å². The van der Waals surface area contributed by atoms with Crippen molar-refractivity contribution in [2.45, 2.75) is 32.8 Å². The normalized spacial score (nSPS) is 11.7. The highest BCUT2D eigenvalue weighted by atomic mass is 32.1. The van der Waals surface area contributed by atoms with Crippen molar-refractivity contribution in [2.75, 3.05) is 13.2 Å². The Morgan fingerprint density at radius 2 is 2.42 bits per heavy atom. The minimum absolute atomic E-state index is 0.0751. The van der Waals surface area contributed by atoms with Gasteiger partial charge in [0.25, 0.3) is 0 Å². The summed E-state index contributed by atoms with van der Waals surface area (Å²) in [5.74, 6) is -0.309. The Morgan fingerprint density at radius 3 is 3.05 bits per heavy atom. The summed E-state index contributed by atoms with van der Waals surface area (Å²) in [6.07, 6.45) is 0.504. The minimum Gasteiger partial charge on any atom is -0.462 e. The third-order valence-corrected chi connectivity index (χ3v) is 3.83. The van der Waals surface area contributed by atoms with E-state index in [4.69, 9.17) is 10.3 Å². The molecule has 1 aromatic rings. The van der Waals surface area contributed by atoms with Crippen LogP contribution >= 0.6 is 11.3 Å². The molecule has 0 saturated carbocycles. The zero-order valence-corrected chi connectivity index (χ0v) is 11.8. The quantitative estimate of drug-likeness (QED) is 0.360. The molecule has 0 bridgehead atoms. The number of hydrogen-bond donors (Lipinski definition) is 1. The molecule has 0 unspecified atom stereocenters. The van der Waals surface area contributed by atoms with Crippen molar-refractivity contribution in [1.29, 1.82) is 0 Å². The molecule has 0 fully saturated rings. The standard InChI is InChI=1S/C12H17N3O3S/c1-3-18-12(17)11-6-8(2)10(19-11)5-4-9(16)7-14-15-13/h6,9,16H,3-5,7H2,1-2H3/t9-/m0/s1. The van der Waals surface area contributed by atoms with Crippen molar-refractivity contribution in [3.05, 3.63) is 31.8 Å². The van der Waals surface area contributed by atoms with Crippen molar-refractivity contribution in [1.82, 2.24) is 0 Å². The van der Waals surface area contributed by atoms with Gasteiger partial charge in [-0.15, -0.1) is 11.3 Å². The van der Waals surface area contributed by atoms with Crippen molar-refractivity contribution in [2.24, 2.45) is 5.11 Å². The van der Waals surface area contributed by atoms with Gasteiger partial charge in [-0.3, -0.25) is 0 Å². The average Bonchev–Trinajstić information content (AvgIpc) is 2.76. The lowest BCUT2D eigenvalue weighted by atomic mass is 10.1. The van der Waals surface area contributed by atoms with Crippen LogP contribution in [0.5, 0.6) is 0 Å². The second-order valence-corrected chi connectivity index (χ2v) is 5.18. The van der Waals surface area contributed by atoms with E-state index in [2.05, 4.69) is 10.0 Å². The summed E-state index contributed by atoms with van der Waals surface area (Å²) in [7, 11) is 0. The Morgan fingerprint density at radius 1 is 1.68 bits per heavy atom. The van der Waals surface area contributed by atoms with E-state index < -0.39 is 6.10 Å². The zero-order chi connectivity index (χ0) is 14.3. The molecule has 0 amide bonds. The zero-order valence-electron chi connectivity index (χ0n) is 11.0. The molecule has 6 nitrogen and oxygen atoms in total. The van der Waals surface area contributed by atoms with Crippen LogP contribution < -0.4 is 0 Å². The molecule has 0 aliphatic rings. The lowest BCUT2D eigenvalue weighted by Crippen LogP contribution is -2.11. The van der Waals surface area contributed by atoms with Crippen LogP contribution in [0, 0.1) is 6.92 Å². The maximum Gasteiger partial charge on any atom is 0.348 e. The van der Waals surface area contributed by atoms with Crippen molar-refractivity contribution in [3.63, 3.8) is 0 Å². The Balaban J connectivity index is 2.59. The monoisotopic (exact) mass is 283 g/mol. The van der Waals surface area contributed by atoms with Gasteiger partial charge in [0.1, 0.15) is 4.88 Å². The van der Waals surface area contributed by atoms with E-state index >= 15 is 0 Å². The van der Waals surface area contributed by atoms with Crippen LogP contribution in [0.15, 0.2) is 11.2 Å². The predicted molar refractivity (Wildman–Crippen MR) is 73.4 cm³/mol. The topological polar surface area (TPSA) is 95.3 Å². The fourth-order valence-corrected chi connectivity index (χ4v) is 2.67. The van der Waals surface area contributed by atoms with Gasteiger partial charge in [-0.2, -0.15) is 0 Å². The third-order valence-electron chi connectivity index (χ3n) is 2.56. The molecule has 0 spiro atoms. The molecule has 0 saturated heterocycles. The molecule has 104 valence electrons. The number of nitrogens with zero attached hydrogens (tertiary/aromatic N) is 3. The lowest BCUT2D eigenvalue weighted by molar-refractivity contribution is 0.0532. The summed E-state index contributed by atoms with van der Waals surface area (Å²) in [4.78, 5) is 15.8. The number of ether oxygens (including phenoxy) is 1. The third kappa shape index (κ3) is 4.90. The van der Waals surface area contributed by atoms with E-state index in [9.17, 15) is 9.90 Å². The highest BCUT2D eigenvalue weighted by Gasteiger charge is 2.14. The van der Waals surface area contributed by atoms with Crippen LogP contribution in [0.3, 0.4) is 0 Å². The second-order valence-electron chi connectivity index (χ2n) is 4.04. The van der Waals surface area contributed by atoms with Gasteiger partial charge in [0.2, 0.25) is 0 Å². The van der Waals surface area contributed by atoms with Gasteiger partial charge in [-0.25, -0.2) is 4.79 Å². The van der Waals surface area contributed by atoms with Crippen molar-refractivity contribution in [3.8, 4) is 0 Å². The predicted octanol–water partition coefficient (Wildman–Crippen LogP) is 2.84. The summed E-state index contributed by atoms with van der Waals surface area (Å²) in [5, 5.41) is 12.9. The lowest BCUT2D eigenvalue weighted by Gasteiger charge is -2.06. The molecule has 0 aromatic carbocycles. The molecule has 19 heavy (non-hydrogen) atoms. The number of thiophene rings is 1.